The van der Waals surface area contributed by atoms with Crippen LogP contribution in [0.4, 0.5) is 11.4 Å². The summed E-state index contributed by atoms with van der Waals surface area (Å²) in [4.78, 5) is 22.3. The van der Waals surface area contributed by atoms with Crippen LogP contribution >= 0.6 is 39.1 Å². The van der Waals surface area contributed by atoms with Gasteiger partial charge in [-0.25, -0.2) is 0 Å². The second kappa shape index (κ2) is 6.33. The SMILES string of the molecule is O=C(Nc1ccc(Br)c([N+](=O)[O-])c1)c1cc(Cl)nnc1Cl. The summed E-state index contributed by atoms with van der Waals surface area (Å²) in [5.41, 5.74) is 0.0749. The van der Waals surface area contributed by atoms with Gasteiger partial charge in [0.25, 0.3) is 11.6 Å². The standard InChI is InChI=1S/C11H5BrCl2N4O3/c12-7-2-1-5(3-8(7)18(20)21)15-11(19)6-4-9(13)16-17-10(6)14/h1-4H,(H,15,19). The van der Waals surface area contributed by atoms with Crippen LogP contribution in [0.3, 0.4) is 0 Å². The van der Waals surface area contributed by atoms with Crippen molar-refractivity contribution >= 4 is 56.4 Å². The van der Waals surface area contributed by atoms with E-state index >= 15 is 0 Å². The van der Waals surface area contributed by atoms with E-state index in [1.165, 1.54) is 24.3 Å². The molecule has 0 bridgehead atoms. The van der Waals surface area contributed by atoms with Crippen molar-refractivity contribution in [2.75, 3.05) is 5.32 Å². The monoisotopic (exact) mass is 390 g/mol. The summed E-state index contributed by atoms with van der Waals surface area (Å²) >= 11 is 14.5. The molecule has 7 nitrogen and oxygen atoms in total. The average molecular weight is 392 g/mol. The fraction of sp³-hybridized carbons (Fsp3) is 0. The summed E-state index contributed by atoms with van der Waals surface area (Å²) in [5, 5.41) is 20.2. The lowest BCUT2D eigenvalue weighted by Gasteiger charge is -2.06. The van der Waals surface area contributed by atoms with Crippen molar-refractivity contribution in [3.8, 4) is 0 Å². The highest BCUT2D eigenvalue weighted by atomic mass is 79.9. The maximum atomic E-state index is 12.0. The molecule has 0 aliphatic carbocycles. The number of amides is 1. The Morgan fingerprint density at radius 1 is 1.29 bits per heavy atom. The number of nitro benzene ring substituents is 1. The molecule has 2 rings (SSSR count). The molecule has 0 saturated heterocycles. The lowest BCUT2D eigenvalue weighted by molar-refractivity contribution is -0.385. The Bertz CT molecular complexity index is 741. The first kappa shape index (κ1) is 15.6. The molecular formula is C11H5BrCl2N4O3. The molecule has 0 saturated carbocycles. The van der Waals surface area contributed by atoms with E-state index in [4.69, 9.17) is 23.2 Å². The number of carbonyl (C=O) groups is 1. The maximum Gasteiger partial charge on any atom is 0.285 e. The van der Waals surface area contributed by atoms with Gasteiger partial charge in [0.05, 0.1) is 15.0 Å². The van der Waals surface area contributed by atoms with Crippen molar-refractivity contribution in [2.24, 2.45) is 0 Å². The molecule has 1 amide bonds. The minimum atomic E-state index is -0.603. The van der Waals surface area contributed by atoms with E-state index in [-0.39, 0.29) is 27.2 Å². The molecule has 0 radical (unpaired) electrons. The molecule has 1 N–H and O–H groups in total. The molecule has 1 heterocycles. The molecule has 0 atom stereocenters. The third-order valence-corrected chi connectivity index (χ3v) is 3.50. The number of nitro groups is 1. The number of rotatable bonds is 3. The molecule has 21 heavy (non-hydrogen) atoms. The van der Waals surface area contributed by atoms with Crippen molar-refractivity contribution in [3.63, 3.8) is 0 Å². The van der Waals surface area contributed by atoms with E-state index in [0.29, 0.717) is 4.47 Å². The van der Waals surface area contributed by atoms with Gasteiger partial charge in [0, 0.05) is 11.8 Å². The average Bonchev–Trinajstić information content (AvgIpc) is 2.43. The highest BCUT2D eigenvalue weighted by Gasteiger charge is 2.16. The number of carbonyl (C=O) groups excluding carboxylic acids is 1. The van der Waals surface area contributed by atoms with Gasteiger partial charge in [-0.05, 0) is 34.1 Å². The number of nitrogens with zero attached hydrogens (tertiary/aromatic N) is 3. The van der Waals surface area contributed by atoms with Crippen LogP contribution in [0.25, 0.3) is 0 Å². The van der Waals surface area contributed by atoms with Crippen molar-refractivity contribution in [2.45, 2.75) is 0 Å². The molecule has 0 aliphatic rings. The fourth-order valence-electron chi connectivity index (χ4n) is 1.44. The molecule has 2 aromatic rings. The zero-order chi connectivity index (χ0) is 15.6. The van der Waals surface area contributed by atoms with Crippen molar-refractivity contribution in [1.82, 2.24) is 10.2 Å². The first-order chi connectivity index (χ1) is 9.88. The quantitative estimate of drug-likeness (QED) is 0.635. The summed E-state index contributed by atoms with van der Waals surface area (Å²) in [7, 11) is 0. The van der Waals surface area contributed by atoms with E-state index in [0.717, 1.165) is 0 Å². The first-order valence-corrected chi connectivity index (χ1v) is 6.87. The number of hydrogen-bond acceptors (Lipinski definition) is 5. The Labute approximate surface area is 136 Å². The number of hydrogen-bond donors (Lipinski definition) is 1. The summed E-state index contributed by atoms with van der Waals surface area (Å²) < 4.78 is 0.303. The topological polar surface area (TPSA) is 98.0 Å². The van der Waals surface area contributed by atoms with Gasteiger partial charge in [0.2, 0.25) is 0 Å². The normalized spacial score (nSPS) is 10.2. The van der Waals surface area contributed by atoms with Crippen LogP contribution in [0.5, 0.6) is 0 Å². The van der Waals surface area contributed by atoms with Gasteiger partial charge < -0.3 is 5.32 Å². The van der Waals surface area contributed by atoms with E-state index in [2.05, 4.69) is 31.4 Å². The lowest BCUT2D eigenvalue weighted by atomic mass is 10.2. The second-order valence-corrected chi connectivity index (χ2v) is 5.35. The van der Waals surface area contributed by atoms with Gasteiger partial charge >= 0.3 is 0 Å². The Morgan fingerprint density at radius 3 is 2.67 bits per heavy atom. The molecule has 0 fully saturated rings. The van der Waals surface area contributed by atoms with E-state index in [1.54, 1.807) is 0 Å². The highest BCUT2D eigenvalue weighted by molar-refractivity contribution is 9.10. The van der Waals surface area contributed by atoms with Crippen LogP contribution in [0.15, 0.2) is 28.7 Å². The lowest BCUT2D eigenvalue weighted by Crippen LogP contribution is -2.13. The van der Waals surface area contributed by atoms with Crippen LogP contribution < -0.4 is 5.32 Å². The molecule has 1 aromatic heterocycles. The Kier molecular flexibility index (Phi) is 4.71. The summed E-state index contributed by atoms with van der Waals surface area (Å²) in [6, 6.07) is 5.41. The van der Waals surface area contributed by atoms with E-state index < -0.39 is 10.8 Å². The smallest absolute Gasteiger partial charge is 0.285 e. The number of anilines is 1. The van der Waals surface area contributed by atoms with Crippen molar-refractivity contribution < 1.29 is 9.72 Å². The predicted molar refractivity (Wildman–Crippen MR) is 80.8 cm³/mol. The number of benzene rings is 1. The molecule has 1 aromatic carbocycles. The third-order valence-electron chi connectivity index (χ3n) is 2.36. The molecular weight excluding hydrogens is 387 g/mol. The van der Waals surface area contributed by atoms with Gasteiger partial charge in [0.15, 0.2) is 10.3 Å². The third kappa shape index (κ3) is 3.66. The summed E-state index contributed by atoms with van der Waals surface area (Å²) in [6.45, 7) is 0. The summed E-state index contributed by atoms with van der Waals surface area (Å²) in [5.74, 6) is -0.603. The van der Waals surface area contributed by atoms with Crippen LogP contribution in [0, 0.1) is 10.1 Å². The first-order valence-electron chi connectivity index (χ1n) is 5.32. The van der Waals surface area contributed by atoms with Crippen LogP contribution in [0.2, 0.25) is 10.3 Å². The number of aromatic nitrogens is 2. The molecule has 108 valence electrons. The molecule has 0 unspecified atom stereocenters. The predicted octanol–water partition coefficient (Wildman–Crippen LogP) is 3.71. The summed E-state index contributed by atoms with van der Waals surface area (Å²) in [6.07, 6.45) is 0. The minimum absolute atomic E-state index is 0.00587. The maximum absolute atomic E-state index is 12.0. The zero-order valence-electron chi connectivity index (χ0n) is 10.0. The Balaban J connectivity index is 2.29. The molecule has 0 spiro atoms. The fourth-order valence-corrected chi connectivity index (χ4v) is 2.16. The Morgan fingerprint density at radius 2 is 2.00 bits per heavy atom. The molecule has 0 aliphatic heterocycles. The van der Waals surface area contributed by atoms with Crippen molar-refractivity contribution in [1.29, 1.82) is 0 Å². The van der Waals surface area contributed by atoms with E-state index in [9.17, 15) is 14.9 Å². The van der Waals surface area contributed by atoms with Gasteiger partial charge in [-0.3, -0.25) is 14.9 Å². The number of halogens is 3. The number of nitrogens with one attached hydrogen (secondary N) is 1. The molecule has 10 heteroatoms. The van der Waals surface area contributed by atoms with Gasteiger partial charge in [-0.1, -0.05) is 23.2 Å². The minimum Gasteiger partial charge on any atom is -0.322 e. The van der Waals surface area contributed by atoms with Crippen LogP contribution in [0.1, 0.15) is 10.4 Å². The largest absolute Gasteiger partial charge is 0.322 e. The highest BCUT2D eigenvalue weighted by Crippen LogP contribution is 2.28. The van der Waals surface area contributed by atoms with Gasteiger partial charge in [-0.15, -0.1) is 10.2 Å². The van der Waals surface area contributed by atoms with Gasteiger partial charge in [-0.2, -0.15) is 0 Å². The Hall–Kier alpha value is -1.77. The van der Waals surface area contributed by atoms with Crippen LogP contribution in [-0.4, -0.2) is 21.0 Å². The van der Waals surface area contributed by atoms with Crippen LogP contribution in [-0.2, 0) is 0 Å². The van der Waals surface area contributed by atoms with E-state index in [1.807, 2.05) is 0 Å². The van der Waals surface area contributed by atoms with Gasteiger partial charge in [0.1, 0.15) is 0 Å². The second-order valence-electron chi connectivity index (χ2n) is 3.75. The van der Waals surface area contributed by atoms with Crippen molar-refractivity contribution in [3.05, 3.63) is 54.7 Å². The zero-order valence-corrected chi connectivity index (χ0v) is 13.1.